The molecule has 0 heterocycles. The molecule has 0 aromatic carbocycles. The first-order valence-corrected chi connectivity index (χ1v) is 23.5. The summed E-state index contributed by atoms with van der Waals surface area (Å²) >= 11 is 0. The predicted molar refractivity (Wildman–Crippen MR) is 222 cm³/mol. The second kappa shape index (κ2) is 35.9. The van der Waals surface area contributed by atoms with E-state index in [4.69, 9.17) is 9.05 Å². The molecule has 3 N–H and O–H groups in total. The van der Waals surface area contributed by atoms with Crippen LogP contribution in [0.5, 0.6) is 0 Å². The fraction of sp³-hybridized carbons (Fsp3) is 0.930. The Labute approximate surface area is 322 Å². The van der Waals surface area contributed by atoms with Gasteiger partial charge in [-0.15, -0.1) is 0 Å². The first kappa shape index (κ1) is 51.2. The van der Waals surface area contributed by atoms with E-state index in [0.717, 1.165) is 44.9 Å². The number of unbranched alkanes of at least 4 members (excludes halogenated alkanes) is 25. The summed E-state index contributed by atoms with van der Waals surface area (Å²) in [6.07, 6.45) is 39.6. The number of hydrogen-bond acceptors (Lipinski definition) is 5. The molecule has 0 fully saturated rings. The Balaban J connectivity index is 4.24. The zero-order valence-corrected chi connectivity index (χ0v) is 36.0. The Morgan fingerprint density at radius 3 is 1.48 bits per heavy atom. The van der Waals surface area contributed by atoms with Crippen LogP contribution in [-0.4, -0.2) is 73.4 Å². The van der Waals surface area contributed by atoms with Crippen molar-refractivity contribution >= 4 is 13.7 Å². The summed E-state index contributed by atoms with van der Waals surface area (Å²) in [6.45, 7) is 4.84. The van der Waals surface area contributed by atoms with Crippen LogP contribution in [0.25, 0.3) is 0 Å². The number of nitrogens with one attached hydrogen (secondary N) is 1. The van der Waals surface area contributed by atoms with E-state index in [0.29, 0.717) is 23.9 Å². The van der Waals surface area contributed by atoms with E-state index in [-0.39, 0.29) is 19.1 Å². The van der Waals surface area contributed by atoms with E-state index in [1.165, 1.54) is 135 Å². The van der Waals surface area contributed by atoms with Crippen molar-refractivity contribution in [2.24, 2.45) is 0 Å². The fourth-order valence-corrected chi connectivity index (χ4v) is 7.19. The lowest BCUT2D eigenvalue weighted by atomic mass is 10.0. The highest BCUT2D eigenvalue weighted by Crippen LogP contribution is 2.43. The van der Waals surface area contributed by atoms with Gasteiger partial charge in [0.15, 0.2) is 0 Å². The number of rotatable bonds is 40. The quantitative estimate of drug-likeness (QED) is 0.0249. The summed E-state index contributed by atoms with van der Waals surface area (Å²) in [5.74, 6) is -0.153. The summed E-state index contributed by atoms with van der Waals surface area (Å²) in [6, 6.07) is -0.769. The van der Waals surface area contributed by atoms with Gasteiger partial charge >= 0.3 is 7.82 Å². The Morgan fingerprint density at radius 1 is 0.635 bits per heavy atom. The largest absolute Gasteiger partial charge is 0.472 e. The van der Waals surface area contributed by atoms with E-state index < -0.39 is 20.0 Å². The van der Waals surface area contributed by atoms with E-state index >= 15 is 0 Å². The summed E-state index contributed by atoms with van der Waals surface area (Å²) < 4.78 is 23.5. The number of quaternary nitrogens is 1. The molecule has 0 aliphatic carbocycles. The van der Waals surface area contributed by atoms with Crippen LogP contribution >= 0.6 is 7.82 Å². The van der Waals surface area contributed by atoms with Crippen LogP contribution in [0.3, 0.4) is 0 Å². The van der Waals surface area contributed by atoms with Crippen molar-refractivity contribution in [3.8, 4) is 0 Å². The Hall–Kier alpha value is -0.760. The van der Waals surface area contributed by atoms with Gasteiger partial charge in [0, 0.05) is 6.42 Å². The predicted octanol–water partition coefficient (Wildman–Crippen LogP) is 12.0. The molecule has 1 unspecified atom stereocenters. The van der Waals surface area contributed by atoms with E-state index in [9.17, 15) is 19.4 Å². The standard InChI is InChI=1S/C43H87N2O6P/c1-6-8-10-12-14-16-18-19-20-21-22-23-24-25-26-27-29-31-33-35-37-43(47)44-41(40-51-52(48,49)50-39-38-45(3,4)5)42(46)36-34-32-30-28-17-15-13-11-9-7-2/h17,28,41-42,46H,6-16,18-27,29-40H2,1-5H3,(H-,44,47,48,49)/p+1/b28-17+/t41-,42+/m0/s1. The normalized spacial score (nSPS) is 14.5. The number of amides is 1. The molecule has 0 aromatic rings. The molecular weight excluding hydrogens is 671 g/mol. The zero-order valence-electron chi connectivity index (χ0n) is 35.1. The van der Waals surface area contributed by atoms with Gasteiger partial charge in [-0.25, -0.2) is 4.57 Å². The van der Waals surface area contributed by atoms with E-state index in [1.54, 1.807) is 0 Å². The minimum absolute atomic E-state index is 0.0718. The van der Waals surface area contributed by atoms with Crippen molar-refractivity contribution in [3.63, 3.8) is 0 Å². The SMILES string of the molecule is CCCCCC/C=C/CCCC[C@@H](O)[C@H](COP(=O)(O)OCC[N+](C)(C)C)NC(=O)CCCCCCCCCCCCCCCCCCCCCC. The second-order valence-corrected chi connectivity index (χ2v) is 17.9. The van der Waals surface area contributed by atoms with Crippen LogP contribution in [0, 0.1) is 0 Å². The van der Waals surface area contributed by atoms with Crippen molar-refractivity contribution in [3.05, 3.63) is 12.2 Å². The monoisotopic (exact) mass is 760 g/mol. The van der Waals surface area contributed by atoms with Crippen molar-refractivity contribution in [1.82, 2.24) is 5.32 Å². The van der Waals surface area contributed by atoms with Gasteiger partial charge in [0.1, 0.15) is 13.2 Å². The van der Waals surface area contributed by atoms with Crippen LogP contribution in [0.15, 0.2) is 12.2 Å². The highest BCUT2D eigenvalue weighted by atomic mass is 31.2. The second-order valence-electron chi connectivity index (χ2n) is 16.4. The van der Waals surface area contributed by atoms with Gasteiger partial charge in [0.25, 0.3) is 0 Å². The molecule has 310 valence electrons. The molecule has 0 aliphatic heterocycles. The summed E-state index contributed by atoms with van der Waals surface area (Å²) in [5.41, 5.74) is 0. The van der Waals surface area contributed by atoms with E-state index in [1.807, 2.05) is 21.1 Å². The molecule has 52 heavy (non-hydrogen) atoms. The molecule has 9 heteroatoms. The van der Waals surface area contributed by atoms with Crippen LogP contribution in [0.4, 0.5) is 0 Å². The molecule has 8 nitrogen and oxygen atoms in total. The van der Waals surface area contributed by atoms with Crippen molar-refractivity contribution in [2.45, 2.75) is 219 Å². The fourth-order valence-electron chi connectivity index (χ4n) is 6.45. The maximum Gasteiger partial charge on any atom is 0.472 e. The molecule has 0 spiro atoms. The number of likely N-dealkylation sites (N-methyl/N-ethyl adjacent to an activating group) is 1. The number of aliphatic hydroxyl groups is 1. The lowest BCUT2D eigenvalue weighted by Gasteiger charge is -2.26. The molecule has 0 saturated heterocycles. The highest BCUT2D eigenvalue weighted by molar-refractivity contribution is 7.47. The maximum atomic E-state index is 12.8. The highest BCUT2D eigenvalue weighted by Gasteiger charge is 2.28. The smallest absolute Gasteiger partial charge is 0.391 e. The van der Waals surface area contributed by atoms with Gasteiger partial charge in [-0.1, -0.05) is 174 Å². The minimum Gasteiger partial charge on any atom is -0.391 e. The summed E-state index contributed by atoms with van der Waals surface area (Å²) in [4.78, 5) is 23.1. The number of hydrogen-bond donors (Lipinski definition) is 3. The molecule has 3 atom stereocenters. The third kappa shape index (κ3) is 37.6. The van der Waals surface area contributed by atoms with Crippen LogP contribution in [0.2, 0.25) is 0 Å². The van der Waals surface area contributed by atoms with Gasteiger partial charge in [-0.3, -0.25) is 13.8 Å². The zero-order chi connectivity index (χ0) is 38.6. The first-order chi connectivity index (χ1) is 25.0. The lowest BCUT2D eigenvalue weighted by Crippen LogP contribution is -2.46. The third-order valence-corrected chi connectivity index (χ3v) is 11.0. The Kier molecular flexibility index (Phi) is 35.4. The minimum atomic E-state index is -4.31. The third-order valence-electron chi connectivity index (χ3n) is 10.0. The van der Waals surface area contributed by atoms with Gasteiger partial charge in [-0.05, 0) is 38.5 Å². The van der Waals surface area contributed by atoms with Gasteiger partial charge in [0.2, 0.25) is 5.91 Å². The van der Waals surface area contributed by atoms with Crippen molar-refractivity contribution in [1.29, 1.82) is 0 Å². The number of carbonyl (C=O) groups is 1. The number of carbonyl (C=O) groups excluding carboxylic acids is 1. The number of phosphoric acid groups is 1. The lowest BCUT2D eigenvalue weighted by molar-refractivity contribution is -0.870. The molecule has 0 aliphatic rings. The molecule has 0 bridgehead atoms. The first-order valence-electron chi connectivity index (χ1n) is 22.1. The summed E-state index contributed by atoms with van der Waals surface area (Å²) in [7, 11) is 1.60. The summed E-state index contributed by atoms with van der Waals surface area (Å²) in [5, 5.41) is 13.9. The molecule has 0 rings (SSSR count). The maximum absolute atomic E-state index is 12.8. The Morgan fingerprint density at radius 2 is 1.04 bits per heavy atom. The average Bonchev–Trinajstić information content (AvgIpc) is 3.09. The van der Waals surface area contributed by atoms with Crippen molar-refractivity contribution < 1.29 is 32.9 Å². The Bertz CT molecular complexity index is 865. The van der Waals surface area contributed by atoms with Crippen LogP contribution in [-0.2, 0) is 18.4 Å². The molecular formula is C43H88N2O6P+. The molecule has 0 aromatic heterocycles. The molecule has 0 saturated carbocycles. The molecule has 0 radical (unpaired) electrons. The number of aliphatic hydroxyl groups excluding tert-OH is 1. The van der Waals surface area contributed by atoms with Gasteiger partial charge < -0.3 is 19.8 Å². The van der Waals surface area contributed by atoms with Crippen LogP contribution in [0.1, 0.15) is 206 Å². The average molecular weight is 760 g/mol. The van der Waals surface area contributed by atoms with Crippen molar-refractivity contribution in [2.75, 3.05) is 40.9 Å². The van der Waals surface area contributed by atoms with E-state index in [2.05, 4.69) is 31.3 Å². The number of allylic oxidation sites excluding steroid dienone is 2. The van der Waals surface area contributed by atoms with Gasteiger partial charge in [-0.2, -0.15) is 0 Å². The topological polar surface area (TPSA) is 105 Å². The molecule has 1 amide bonds. The number of nitrogens with zero attached hydrogens (tertiary/aromatic N) is 1. The number of phosphoric ester groups is 1. The van der Waals surface area contributed by atoms with Gasteiger partial charge in [0.05, 0.1) is 39.9 Å². The van der Waals surface area contributed by atoms with Crippen LogP contribution < -0.4 is 5.32 Å².